The molecule has 0 bridgehead atoms. The van der Waals surface area contributed by atoms with E-state index in [1.54, 1.807) is 22.3 Å². The molecule has 0 N–H and O–H groups in total. The summed E-state index contributed by atoms with van der Waals surface area (Å²) in [4.78, 5) is 10.5. The summed E-state index contributed by atoms with van der Waals surface area (Å²) in [6, 6.07) is 58.0. The molecule has 5 aliphatic carbocycles. The number of thiophene rings is 1. The van der Waals surface area contributed by atoms with Gasteiger partial charge in [-0.2, -0.15) is 0 Å². The van der Waals surface area contributed by atoms with E-state index in [4.69, 9.17) is 9.97 Å². The number of hydrogen-bond acceptors (Lipinski definition) is 3. The van der Waals surface area contributed by atoms with Gasteiger partial charge in [0.15, 0.2) is 5.82 Å². The minimum atomic E-state index is 0.105. The average molecular weight is 881 g/mol. The maximum atomic E-state index is 5.33. The first-order chi connectivity index (χ1) is 33.1. The third-order valence-electron chi connectivity index (χ3n) is 16.5. The molecule has 67 heavy (non-hydrogen) atoms. The van der Waals surface area contributed by atoms with E-state index in [2.05, 4.69) is 170 Å². The van der Waals surface area contributed by atoms with Crippen LogP contribution in [0.1, 0.15) is 105 Å². The Bertz CT molecular complexity index is 3520. The van der Waals surface area contributed by atoms with Crippen molar-refractivity contribution in [3.63, 3.8) is 0 Å². The minimum absolute atomic E-state index is 0.105. The van der Waals surface area contributed by atoms with Crippen molar-refractivity contribution in [3.8, 4) is 67.0 Å². The minimum Gasteiger partial charge on any atom is -0.228 e. The molecule has 0 amide bonds. The van der Waals surface area contributed by atoms with Crippen molar-refractivity contribution >= 4 is 37.1 Å². The van der Waals surface area contributed by atoms with Gasteiger partial charge in [-0.15, -0.1) is 11.3 Å². The lowest BCUT2D eigenvalue weighted by Gasteiger charge is -2.37. The van der Waals surface area contributed by atoms with Crippen LogP contribution in [-0.4, -0.2) is 9.97 Å². The lowest BCUT2D eigenvalue weighted by molar-refractivity contribution is 0.350. The van der Waals surface area contributed by atoms with Gasteiger partial charge in [-0.05, 0) is 142 Å². The predicted molar refractivity (Wildman–Crippen MR) is 282 cm³/mol. The quantitative estimate of drug-likeness (QED) is 0.172. The van der Waals surface area contributed by atoms with E-state index in [-0.39, 0.29) is 10.8 Å². The number of aromatic nitrogens is 2. The second-order valence-corrected chi connectivity index (χ2v) is 21.1. The van der Waals surface area contributed by atoms with E-state index < -0.39 is 0 Å². The van der Waals surface area contributed by atoms with Gasteiger partial charge >= 0.3 is 0 Å². The summed E-state index contributed by atoms with van der Waals surface area (Å²) < 4.78 is 2.57. The number of hydrogen-bond donors (Lipinski definition) is 0. The lowest BCUT2D eigenvalue weighted by Crippen LogP contribution is -2.29. The molecule has 0 saturated heterocycles. The number of benzene rings is 7. The van der Waals surface area contributed by atoms with Gasteiger partial charge in [0.05, 0.1) is 11.4 Å². The van der Waals surface area contributed by atoms with Crippen LogP contribution in [0.5, 0.6) is 0 Å². The third-order valence-corrected chi connectivity index (χ3v) is 17.8. The van der Waals surface area contributed by atoms with E-state index in [1.807, 2.05) is 11.3 Å². The van der Waals surface area contributed by atoms with Crippen molar-refractivity contribution in [1.29, 1.82) is 0 Å². The lowest BCUT2D eigenvalue weighted by atomic mass is 9.66. The SMILES string of the molecule is C1=CC(c2nc(-c3ccc(-c4ccccc4)cc3)cc(-c3cccc4c3sc3ccc(-c5ccc6c(c5)-c5cc7c(cc5C65CCCCC5)-c5ccccc5C75CCCCC5)cc34)n2)=CCC1. The topological polar surface area (TPSA) is 25.8 Å². The van der Waals surface area contributed by atoms with Crippen LogP contribution in [0.2, 0.25) is 0 Å². The van der Waals surface area contributed by atoms with Crippen LogP contribution in [-0.2, 0) is 10.8 Å². The third kappa shape index (κ3) is 6.13. The smallest absolute Gasteiger partial charge is 0.160 e. The van der Waals surface area contributed by atoms with Gasteiger partial charge in [-0.3, -0.25) is 0 Å². The Morgan fingerprint density at radius 1 is 0.403 bits per heavy atom. The molecule has 0 unspecified atom stereocenters. The summed E-state index contributed by atoms with van der Waals surface area (Å²) >= 11 is 1.88. The van der Waals surface area contributed by atoms with Gasteiger partial charge in [0.25, 0.3) is 0 Å². The highest BCUT2D eigenvalue weighted by atomic mass is 32.1. The second-order valence-electron chi connectivity index (χ2n) is 20.1. The van der Waals surface area contributed by atoms with Crippen LogP contribution >= 0.6 is 11.3 Å². The van der Waals surface area contributed by atoms with Gasteiger partial charge in [0.1, 0.15) is 0 Å². The van der Waals surface area contributed by atoms with Crippen LogP contribution in [0, 0.1) is 0 Å². The molecule has 2 fully saturated rings. The molecule has 0 aliphatic heterocycles. The fourth-order valence-corrected chi connectivity index (χ4v) is 14.5. The molecule has 7 aromatic carbocycles. The molecule has 3 heteroatoms. The van der Waals surface area contributed by atoms with Gasteiger partial charge in [-0.25, -0.2) is 9.97 Å². The molecule has 0 radical (unpaired) electrons. The van der Waals surface area contributed by atoms with Gasteiger partial charge in [0.2, 0.25) is 0 Å². The van der Waals surface area contributed by atoms with Crippen molar-refractivity contribution < 1.29 is 0 Å². The van der Waals surface area contributed by atoms with Crippen LogP contribution in [0.3, 0.4) is 0 Å². The fourth-order valence-electron chi connectivity index (χ4n) is 13.3. The Labute approximate surface area is 397 Å². The Morgan fingerprint density at radius 2 is 1.01 bits per heavy atom. The first-order valence-electron chi connectivity index (χ1n) is 25.0. The van der Waals surface area contributed by atoms with E-state index >= 15 is 0 Å². The first-order valence-corrected chi connectivity index (χ1v) is 25.8. The molecule has 2 nitrogen and oxygen atoms in total. The van der Waals surface area contributed by atoms with E-state index in [9.17, 15) is 0 Å². The Hall–Kier alpha value is -6.68. The van der Waals surface area contributed by atoms with Crippen molar-refractivity contribution in [2.75, 3.05) is 0 Å². The molecule has 2 spiro atoms. The zero-order valence-electron chi connectivity index (χ0n) is 38.0. The monoisotopic (exact) mass is 880 g/mol. The summed E-state index contributed by atoms with van der Waals surface area (Å²) in [6.07, 6.45) is 21.7. The van der Waals surface area contributed by atoms with Gasteiger partial charge in [-0.1, -0.05) is 172 Å². The highest BCUT2D eigenvalue weighted by Crippen LogP contribution is 2.62. The van der Waals surface area contributed by atoms with Crippen molar-refractivity contribution in [2.45, 2.75) is 87.9 Å². The second kappa shape index (κ2) is 15.4. The summed E-state index contributed by atoms with van der Waals surface area (Å²) in [7, 11) is 0. The molecule has 0 atom stereocenters. The molecule has 9 aromatic rings. The summed E-state index contributed by atoms with van der Waals surface area (Å²) in [5, 5.41) is 2.59. The van der Waals surface area contributed by atoms with Crippen LogP contribution in [0.15, 0.2) is 170 Å². The van der Waals surface area contributed by atoms with E-state index in [1.165, 1.54) is 129 Å². The predicted octanol–water partition coefficient (Wildman–Crippen LogP) is 17.7. The maximum Gasteiger partial charge on any atom is 0.160 e. The largest absolute Gasteiger partial charge is 0.228 e. The number of rotatable bonds is 5. The summed E-state index contributed by atoms with van der Waals surface area (Å²) in [6.45, 7) is 0. The number of nitrogens with zero attached hydrogens (tertiary/aromatic N) is 2. The number of allylic oxidation sites excluding steroid dienone is 4. The Kier molecular flexibility index (Phi) is 9.10. The average Bonchev–Trinajstić information content (AvgIpc) is 4.00. The maximum absolute atomic E-state index is 5.33. The van der Waals surface area contributed by atoms with Crippen molar-refractivity contribution in [3.05, 3.63) is 198 Å². The zero-order chi connectivity index (χ0) is 44.1. The van der Waals surface area contributed by atoms with Crippen LogP contribution in [0.4, 0.5) is 0 Å². The van der Waals surface area contributed by atoms with Crippen molar-refractivity contribution in [1.82, 2.24) is 9.97 Å². The van der Waals surface area contributed by atoms with Gasteiger partial charge < -0.3 is 0 Å². The van der Waals surface area contributed by atoms with E-state index in [0.717, 1.165) is 46.8 Å². The summed E-state index contributed by atoms with van der Waals surface area (Å²) in [5.41, 5.74) is 22.9. The van der Waals surface area contributed by atoms with Crippen LogP contribution < -0.4 is 0 Å². The molecule has 2 saturated carbocycles. The van der Waals surface area contributed by atoms with E-state index in [0.29, 0.717) is 0 Å². The molecule has 14 rings (SSSR count). The van der Waals surface area contributed by atoms with Crippen LogP contribution in [0.25, 0.3) is 92.8 Å². The molecular formula is C64H52N2S. The first kappa shape index (κ1) is 39.5. The standard InChI is InChI=1S/C64H52N2S/c1-5-16-41(17-6-1)42-24-26-43(27-25-42)58-40-59(66-62(65-58)44-18-7-2-8-19-44)49-22-15-21-48-53-37-46(29-31-60(53)67-61(48)49)45-28-30-55-50(36-45)52-39-56-51(38-57(52)64(55)34-13-4-14-35-64)47-20-9-10-23-54(47)63(56)32-11-3-12-33-63/h1,5-7,9-10,15-31,36-40H,2-4,8,11-14,32-35H2. The molecule has 5 aliphatic rings. The highest BCUT2D eigenvalue weighted by molar-refractivity contribution is 7.26. The fraction of sp³-hybridized carbons (Fsp3) is 0.219. The summed E-state index contributed by atoms with van der Waals surface area (Å²) in [5.74, 6) is 0.785. The van der Waals surface area contributed by atoms with Crippen molar-refractivity contribution in [2.24, 2.45) is 0 Å². The molecule has 324 valence electrons. The molecular weight excluding hydrogens is 829 g/mol. The Balaban J connectivity index is 0.878. The molecule has 2 aromatic heterocycles. The number of fused-ring (bicyclic) bond motifs is 13. The highest BCUT2D eigenvalue weighted by Gasteiger charge is 2.49. The normalized spacial score (nSPS) is 17.4. The Morgan fingerprint density at radius 3 is 1.78 bits per heavy atom. The zero-order valence-corrected chi connectivity index (χ0v) is 38.8. The molecule has 2 heterocycles. The van der Waals surface area contributed by atoms with Gasteiger partial charge in [0, 0.05) is 47.7 Å².